The van der Waals surface area contributed by atoms with Crippen LogP contribution in [0.25, 0.3) is 16.2 Å². The van der Waals surface area contributed by atoms with Gasteiger partial charge in [0.2, 0.25) is 0 Å². The van der Waals surface area contributed by atoms with E-state index in [1.165, 1.54) is 0 Å². The normalized spacial score (nSPS) is 11.2. The summed E-state index contributed by atoms with van der Waals surface area (Å²) < 4.78 is 3.58. The average Bonchev–Trinajstić information content (AvgIpc) is 3.42. The van der Waals surface area contributed by atoms with E-state index in [2.05, 4.69) is 20.5 Å². The fraction of sp³-hybridized carbons (Fsp3) is 0.263. The number of aryl methyl sites for hydroxylation is 2. The van der Waals surface area contributed by atoms with E-state index >= 15 is 0 Å². The molecule has 0 spiro atoms. The number of thiophene rings is 1. The first-order valence-electron chi connectivity index (χ1n) is 8.90. The molecular weight excluding hydrogens is 396 g/mol. The number of amides is 1. The van der Waals surface area contributed by atoms with Crippen LogP contribution in [0.3, 0.4) is 0 Å². The Morgan fingerprint density at radius 2 is 2.18 bits per heavy atom. The maximum atomic E-state index is 12.6. The number of hydrogen-bond donors (Lipinski definition) is 1. The van der Waals surface area contributed by atoms with E-state index in [0.29, 0.717) is 29.3 Å². The number of nitrogens with zero attached hydrogens (tertiary/aromatic N) is 5. The van der Waals surface area contributed by atoms with Crippen molar-refractivity contribution in [2.24, 2.45) is 0 Å². The molecule has 0 aromatic carbocycles. The molecule has 0 fully saturated rings. The Morgan fingerprint density at radius 1 is 1.32 bits per heavy atom. The first-order valence-corrected chi connectivity index (χ1v) is 10.2. The highest BCUT2D eigenvalue weighted by Gasteiger charge is 2.16. The highest BCUT2D eigenvalue weighted by molar-refractivity contribution is 7.13. The molecule has 4 rings (SSSR count). The third kappa shape index (κ3) is 3.41. The molecule has 0 bridgehead atoms. The van der Waals surface area contributed by atoms with Crippen LogP contribution in [-0.2, 0) is 6.54 Å². The van der Waals surface area contributed by atoms with Gasteiger partial charge in [0.15, 0.2) is 5.65 Å². The third-order valence-corrected chi connectivity index (χ3v) is 5.98. The molecule has 4 aromatic heterocycles. The number of halogens is 1. The topological polar surface area (TPSA) is 77.1 Å². The zero-order valence-corrected chi connectivity index (χ0v) is 17.1. The smallest absolute Gasteiger partial charge is 0.256 e. The minimum absolute atomic E-state index is 0.183. The maximum Gasteiger partial charge on any atom is 0.256 e. The van der Waals surface area contributed by atoms with Crippen LogP contribution >= 0.6 is 22.9 Å². The van der Waals surface area contributed by atoms with Gasteiger partial charge in [0, 0.05) is 19.3 Å². The molecule has 1 amide bonds. The van der Waals surface area contributed by atoms with Gasteiger partial charge in [-0.05, 0) is 37.8 Å². The van der Waals surface area contributed by atoms with Crippen molar-refractivity contribution in [2.75, 3.05) is 6.54 Å². The minimum Gasteiger partial charge on any atom is -0.352 e. The molecule has 4 aromatic rings. The number of carbonyl (C=O) groups is 1. The summed E-state index contributed by atoms with van der Waals surface area (Å²) in [5, 5.41) is 14.4. The molecule has 0 aliphatic rings. The van der Waals surface area contributed by atoms with Crippen molar-refractivity contribution in [3.8, 4) is 10.6 Å². The van der Waals surface area contributed by atoms with Gasteiger partial charge in [0.25, 0.3) is 5.91 Å². The number of fused-ring (bicyclic) bond motifs is 1. The maximum absolute atomic E-state index is 12.6. The lowest BCUT2D eigenvalue weighted by atomic mass is 10.3. The summed E-state index contributed by atoms with van der Waals surface area (Å²) in [6, 6.07) is 5.90. The Morgan fingerprint density at radius 3 is 2.89 bits per heavy atom. The van der Waals surface area contributed by atoms with Crippen molar-refractivity contribution in [1.82, 2.24) is 29.7 Å². The first-order chi connectivity index (χ1) is 13.6. The van der Waals surface area contributed by atoms with Crippen LogP contribution in [0.2, 0.25) is 5.02 Å². The van der Waals surface area contributed by atoms with Crippen molar-refractivity contribution in [2.45, 2.75) is 26.8 Å². The lowest BCUT2D eigenvalue weighted by molar-refractivity contribution is 0.0954. The van der Waals surface area contributed by atoms with E-state index < -0.39 is 0 Å². The highest BCUT2D eigenvalue weighted by atomic mass is 35.5. The number of rotatable bonds is 6. The van der Waals surface area contributed by atoms with E-state index in [1.807, 2.05) is 42.1 Å². The molecule has 1 N–H and O–H groups in total. The molecule has 7 nitrogen and oxygen atoms in total. The Bertz CT molecular complexity index is 1130. The van der Waals surface area contributed by atoms with Crippen LogP contribution in [0.5, 0.6) is 0 Å². The standard InChI is InChI=1S/C19H19ClN6OS/c1-12-17(20)13(2)25(24-12)9-4-7-22-19(27)14-11-23-26-15(6-8-21-18(14)26)16-5-3-10-28-16/h3,5-6,8,10-11H,4,7,9H2,1-2H3,(H,22,27). The SMILES string of the molecule is Cc1nn(CCCNC(=O)c2cnn3c(-c4cccs4)ccnc23)c(C)c1Cl. The minimum atomic E-state index is -0.183. The van der Waals surface area contributed by atoms with Crippen molar-refractivity contribution < 1.29 is 4.79 Å². The zero-order chi connectivity index (χ0) is 19.7. The van der Waals surface area contributed by atoms with Crippen LogP contribution in [0.1, 0.15) is 28.2 Å². The number of nitrogens with one attached hydrogen (secondary N) is 1. The fourth-order valence-corrected chi connectivity index (χ4v) is 3.95. The van der Waals surface area contributed by atoms with E-state index in [9.17, 15) is 4.79 Å². The molecule has 0 atom stereocenters. The first kappa shape index (κ1) is 18.6. The number of carbonyl (C=O) groups excluding carboxylic acids is 1. The number of aromatic nitrogens is 5. The molecule has 0 radical (unpaired) electrons. The van der Waals surface area contributed by atoms with Crippen LogP contribution in [0, 0.1) is 13.8 Å². The van der Waals surface area contributed by atoms with Crippen LogP contribution < -0.4 is 5.32 Å². The van der Waals surface area contributed by atoms with E-state index in [4.69, 9.17) is 11.6 Å². The van der Waals surface area contributed by atoms with Gasteiger partial charge in [0.1, 0.15) is 5.56 Å². The average molecular weight is 415 g/mol. The van der Waals surface area contributed by atoms with Gasteiger partial charge in [-0.3, -0.25) is 9.48 Å². The summed E-state index contributed by atoms with van der Waals surface area (Å²) in [6.45, 7) is 5.04. The van der Waals surface area contributed by atoms with Crippen molar-refractivity contribution in [3.63, 3.8) is 0 Å². The van der Waals surface area contributed by atoms with Crippen molar-refractivity contribution >= 4 is 34.5 Å². The summed E-state index contributed by atoms with van der Waals surface area (Å²) in [6.07, 6.45) is 4.02. The predicted octanol–water partition coefficient (Wildman–Crippen LogP) is 3.74. The van der Waals surface area contributed by atoms with E-state index in [0.717, 1.165) is 28.4 Å². The van der Waals surface area contributed by atoms with Gasteiger partial charge in [0.05, 0.1) is 33.2 Å². The van der Waals surface area contributed by atoms with E-state index in [-0.39, 0.29) is 5.91 Å². The molecule has 0 unspecified atom stereocenters. The second-order valence-electron chi connectivity index (χ2n) is 6.42. The van der Waals surface area contributed by atoms with Gasteiger partial charge in [-0.15, -0.1) is 11.3 Å². The summed E-state index contributed by atoms with van der Waals surface area (Å²) in [7, 11) is 0. The second-order valence-corrected chi connectivity index (χ2v) is 7.74. The summed E-state index contributed by atoms with van der Waals surface area (Å²) in [4.78, 5) is 18.0. The number of hydrogen-bond acceptors (Lipinski definition) is 5. The quantitative estimate of drug-likeness (QED) is 0.487. The van der Waals surface area contributed by atoms with E-state index in [1.54, 1.807) is 28.2 Å². The van der Waals surface area contributed by atoms with Crippen molar-refractivity contribution in [1.29, 1.82) is 0 Å². The molecule has 9 heteroatoms. The highest BCUT2D eigenvalue weighted by Crippen LogP contribution is 2.25. The summed E-state index contributed by atoms with van der Waals surface area (Å²) in [5.74, 6) is -0.183. The Hall–Kier alpha value is -2.71. The Kier molecular flexibility index (Phi) is 5.15. The van der Waals surface area contributed by atoms with Crippen LogP contribution in [0.4, 0.5) is 0 Å². The Labute approximate surface area is 171 Å². The largest absolute Gasteiger partial charge is 0.352 e. The zero-order valence-electron chi connectivity index (χ0n) is 15.5. The molecule has 0 aliphatic carbocycles. The van der Waals surface area contributed by atoms with Crippen LogP contribution in [0.15, 0.2) is 36.0 Å². The summed E-state index contributed by atoms with van der Waals surface area (Å²) in [5.41, 5.74) is 3.70. The molecular formula is C19H19ClN6OS. The van der Waals surface area contributed by atoms with Gasteiger partial charge in [-0.25, -0.2) is 9.50 Å². The molecule has 0 aliphatic heterocycles. The van der Waals surface area contributed by atoms with Gasteiger partial charge < -0.3 is 5.32 Å². The predicted molar refractivity (Wildman–Crippen MR) is 110 cm³/mol. The summed E-state index contributed by atoms with van der Waals surface area (Å²) >= 11 is 7.79. The van der Waals surface area contributed by atoms with Gasteiger partial charge in [-0.2, -0.15) is 10.2 Å². The fourth-order valence-electron chi connectivity index (χ4n) is 3.08. The molecule has 0 saturated carbocycles. The van der Waals surface area contributed by atoms with Crippen LogP contribution in [-0.4, -0.2) is 36.8 Å². The molecule has 144 valence electrons. The molecule has 28 heavy (non-hydrogen) atoms. The van der Waals surface area contributed by atoms with Gasteiger partial charge >= 0.3 is 0 Å². The lowest BCUT2D eigenvalue weighted by Gasteiger charge is -2.06. The Balaban J connectivity index is 1.43. The van der Waals surface area contributed by atoms with Gasteiger partial charge in [-0.1, -0.05) is 17.7 Å². The molecule has 4 heterocycles. The third-order valence-electron chi connectivity index (χ3n) is 4.54. The van der Waals surface area contributed by atoms with Crippen molar-refractivity contribution in [3.05, 3.63) is 57.9 Å². The second kappa shape index (κ2) is 7.73. The monoisotopic (exact) mass is 414 g/mol. The molecule has 0 saturated heterocycles. The lowest BCUT2D eigenvalue weighted by Crippen LogP contribution is -2.25.